The largest absolute Gasteiger partial charge is 0.493 e. The fraction of sp³-hybridized carbons (Fsp3) is 0.333. The summed E-state index contributed by atoms with van der Waals surface area (Å²) in [6.45, 7) is 3.43. The van der Waals surface area contributed by atoms with Crippen molar-refractivity contribution >= 4 is 11.6 Å². The highest BCUT2D eigenvalue weighted by Gasteiger charge is 2.06. The number of aryl methyl sites for hydroxylation is 1. The van der Waals surface area contributed by atoms with E-state index in [0.29, 0.717) is 6.54 Å². The summed E-state index contributed by atoms with van der Waals surface area (Å²) in [5, 5.41) is 6.64. The van der Waals surface area contributed by atoms with Crippen molar-refractivity contribution < 1.29 is 9.47 Å². The molecule has 28 heavy (non-hydrogen) atoms. The summed E-state index contributed by atoms with van der Waals surface area (Å²) in [6, 6.07) is 12.1. The second-order valence-corrected chi connectivity index (χ2v) is 6.42. The number of aliphatic imine (C=N–C) groups is 1. The fourth-order valence-corrected chi connectivity index (χ4v) is 3.04. The van der Waals surface area contributed by atoms with Gasteiger partial charge in [0.25, 0.3) is 0 Å². The van der Waals surface area contributed by atoms with Crippen LogP contribution in [0.3, 0.4) is 0 Å². The van der Waals surface area contributed by atoms with Crippen molar-refractivity contribution in [3.8, 4) is 11.5 Å². The minimum Gasteiger partial charge on any atom is -0.493 e. The van der Waals surface area contributed by atoms with Gasteiger partial charge in [-0.3, -0.25) is 4.99 Å². The van der Waals surface area contributed by atoms with Gasteiger partial charge in [-0.2, -0.15) is 0 Å². The Hall–Kier alpha value is -3.22. The van der Waals surface area contributed by atoms with E-state index in [1.54, 1.807) is 21.3 Å². The summed E-state index contributed by atoms with van der Waals surface area (Å²) in [5.74, 6) is 2.22. The number of benzene rings is 1. The van der Waals surface area contributed by atoms with Gasteiger partial charge in [-0.05, 0) is 43.2 Å². The lowest BCUT2D eigenvalue weighted by molar-refractivity contribution is 0.354. The molecule has 0 saturated carbocycles. The monoisotopic (exact) mass is 381 g/mol. The number of guanidine groups is 1. The van der Waals surface area contributed by atoms with E-state index in [9.17, 15) is 0 Å². The molecule has 2 aromatic heterocycles. The van der Waals surface area contributed by atoms with Crippen molar-refractivity contribution in [3.63, 3.8) is 0 Å². The Kier molecular flexibility index (Phi) is 6.37. The zero-order valence-electron chi connectivity index (χ0n) is 16.8. The molecule has 0 radical (unpaired) electrons. The number of nitrogens with zero attached hydrogens (tertiary/aromatic N) is 3. The predicted octanol–water partition coefficient (Wildman–Crippen LogP) is 2.57. The number of methoxy groups -OCH3 is 2. The first-order valence-corrected chi connectivity index (χ1v) is 9.23. The molecule has 2 N–H and O–H groups in total. The van der Waals surface area contributed by atoms with E-state index in [2.05, 4.69) is 44.2 Å². The predicted molar refractivity (Wildman–Crippen MR) is 111 cm³/mol. The number of imidazole rings is 1. The lowest BCUT2D eigenvalue weighted by atomic mass is 10.1. The van der Waals surface area contributed by atoms with E-state index in [1.807, 2.05) is 30.3 Å². The van der Waals surface area contributed by atoms with Gasteiger partial charge in [0.2, 0.25) is 0 Å². The molecule has 0 aliphatic rings. The average Bonchev–Trinajstić information content (AvgIpc) is 3.15. The van der Waals surface area contributed by atoms with E-state index >= 15 is 0 Å². The van der Waals surface area contributed by atoms with Gasteiger partial charge in [0.05, 0.1) is 26.5 Å². The standard InChI is InChI=1S/C21H27N5O2/c1-15-6-5-7-20-25-17(14-26(15)20)13-24-21(22-2)23-11-10-16-8-9-18(27-3)19(12-16)28-4/h5-9,12,14H,10-11,13H2,1-4H3,(H2,22,23,24). The molecule has 7 nitrogen and oxygen atoms in total. The number of hydrogen-bond donors (Lipinski definition) is 2. The number of fused-ring (bicyclic) bond motifs is 1. The summed E-state index contributed by atoms with van der Waals surface area (Å²) in [5.41, 5.74) is 4.25. The molecule has 3 rings (SSSR count). The van der Waals surface area contributed by atoms with E-state index in [4.69, 9.17) is 9.47 Å². The van der Waals surface area contributed by atoms with Crippen LogP contribution in [0, 0.1) is 6.92 Å². The smallest absolute Gasteiger partial charge is 0.191 e. The molecule has 0 saturated heterocycles. The Bertz CT molecular complexity index is 965. The number of rotatable bonds is 7. The summed E-state index contributed by atoms with van der Waals surface area (Å²) < 4.78 is 12.7. The maximum atomic E-state index is 5.36. The highest BCUT2D eigenvalue weighted by molar-refractivity contribution is 5.79. The maximum absolute atomic E-state index is 5.36. The van der Waals surface area contributed by atoms with Crippen molar-refractivity contribution in [2.24, 2.45) is 4.99 Å². The van der Waals surface area contributed by atoms with Gasteiger partial charge < -0.3 is 24.5 Å². The van der Waals surface area contributed by atoms with Gasteiger partial charge >= 0.3 is 0 Å². The van der Waals surface area contributed by atoms with Crippen LogP contribution in [0.1, 0.15) is 17.0 Å². The lowest BCUT2D eigenvalue weighted by Gasteiger charge is -2.12. The highest BCUT2D eigenvalue weighted by atomic mass is 16.5. The topological polar surface area (TPSA) is 72.2 Å². The maximum Gasteiger partial charge on any atom is 0.191 e. The Labute approximate surface area is 165 Å². The molecule has 0 spiro atoms. The third-order valence-corrected chi connectivity index (χ3v) is 4.56. The highest BCUT2D eigenvalue weighted by Crippen LogP contribution is 2.27. The average molecular weight is 381 g/mol. The number of hydrogen-bond acceptors (Lipinski definition) is 4. The molecule has 0 amide bonds. The molecule has 0 fully saturated rings. The number of nitrogens with one attached hydrogen (secondary N) is 2. The van der Waals surface area contributed by atoms with Gasteiger partial charge in [0.15, 0.2) is 17.5 Å². The molecule has 3 aromatic rings. The summed E-state index contributed by atoms with van der Waals surface area (Å²) in [4.78, 5) is 8.92. The number of pyridine rings is 1. The van der Waals surface area contributed by atoms with Crippen LogP contribution in [0.5, 0.6) is 11.5 Å². The summed E-state index contributed by atoms with van der Waals surface area (Å²) >= 11 is 0. The van der Waals surface area contributed by atoms with Crippen LogP contribution >= 0.6 is 0 Å². The molecule has 0 unspecified atom stereocenters. The van der Waals surface area contributed by atoms with Gasteiger partial charge in [0, 0.05) is 25.5 Å². The minimum atomic E-state index is 0.608. The van der Waals surface area contributed by atoms with E-state index in [1.165, 1.54) is 0 Å². The fourth-order valence-electron chi connectivity index (χ4n) is 3.04. The Balaban J connectivity index is 1.52. The van der Waals surface area contributed by atoms with Crippen molar-refractivity contribution in [2.75, 3.05) is 27.8 Å². The lowest BCUT2D eigenvalue weighted by Crippen LogP contribution is -2.37. The Morgan fingerprint density at radius 3 is 2.64 bits per heavy atom. The van der Waals surface area contributed by atoms with Crippen molar-refractivity contribution in [1.29, 1.82) is 0 Å². The molecule has 2 heterocycles. The van der Waals surface area contributed by atoms with Crippen LogP contribution in [-0.4, -0.2) is 43.2 Å². The Morgan fingerprint density at radius 1 is 1.11 bits per heavy atom. The molecular weight excluding hydrogens is 354 g/mol. The SMILES string of the molecule is CN=C(NCCc1ccc(OC)c(OC)c1)NCc1cn2c(C)cccc2n1. The quantitative estimate of drug-likeness (QED) is 0.486. The molecule has 148 valence electrons. The van der Waals surface area contributed by atoms with Crippen molar-refractivity contribution in [2.45, 2.75) is 19.9 Å². The first-order valence-electron chi connectivity index (χ1n) is 9.23. The van der Waals surface area contributed by atoms with Crippen LogP contribution in [0.15, 0.2) is 47.6 Å². The third kappa shape index (κ3) is 4.54. The second-order valence-electron chi connectivity index (χ2n) is 6.42. The molecule has 0 bridgehead atoms. The first kappa shape index (κ1) is 19.5. The zero-order chi connectivity index (χ0) is 19.9. The molecule has 0 aliphatic carbocycles. The second kappa shape index (κ2) is 9.12. The van der Waals surface area contributed by atoms with Gasteiger partial charge in [-0.1, -0.05) is 12.1 Å². The zero-order valence-corrected chi connectivity index (χ0v) is 16.8. The van der Waals surface area contributed by atoms with Crippen LogP contribution < -0.4 is 20.1 Å². The van der Waals surface area contributed by atoms with E-state index < -0.39 is 0 Å². The Morgan fingerprint density at radius 2 is 1.93 bits per heavy atom. The van der Waals surface area contributed by atoms with Crippen LogP contribution in [0.25, 0.3) is 5.65 Å². The normalized spacial score (nSPS) is 11.5. The van der Waals surface area contributed by atoms with Crippen molar-refractivity contribution in [3.05, 3.63) is 59.5 Å². The third-order valence-electron chi connectivity index (χ3n) is 4.56. The number of ether oxygens (including phenoxy) is 2. The van der Waals surface area contributed by atoms with Gasteiger partial charge in [0.1, 0.15) is 5.65 Å². The van der Waals surface area contributed by atoms with Crippen LogP contribution in [-0.2, 0) is 13.0 Å². The first-order chi connectivity index (χ1) is 13.6. The van der Waals surface area contributed by atoms with Crippen LogP contribution in [0.2, 0.25) is 0 Å². The minimum absolute atomic E-state index is 0.608. The number of aromatic nitrogens is 2. The van der Waals surface area contributed by atoms with E-state index in [-0.39, 0.29) is 0 Å². The molecule has 0 aliphatic heterocycles. The van der Waals surface area contributed by atoms with Gasteiger partial charge in [-0.15, -0.1) is 0 Å². The van der Waals surface area contributed by atoms with Crippen LogP contribution in [0.4, 0.5) is 0 Å². The summed E-state index contributed by atoms with van der Waals surface area (Å²) in [7, 11) is 5.05. The van der Waals surface area contributed by atoms with Gasteiger partial charge in [-0.25, -0.2) is 4.98 Å². The molecular formula is C21H27N5O2. The molecule has 1 aromatic carbocycles. The van der Waals surface area contributed by atoms with Crippen molar-refractivity contribution in [1.82, 2.24) is 20.0 Å². The summed E-state index contributed by atoms with van der Waals surface area (Å²) in [6.07, 6.45) is 2.89. The molecule has 7 heteroatoms. The molecule has 0 atom stereocenters. The van der Waals surface area contributed by atoms with E-state index in [0.717, 1.165) is 53.0 Å².